The van der Waals surface area contributed by atoms with Gasteiger partial charge in [0.15, 0.2) is 5.82 Å². The third kappa shape index (κ3) is 4.72. The number of aromatic nitrogens is 3. The number of rotatable bonds is 5. The molecule has 0 aliphatic heterocycles. The van der Waals surface area contributed by atoms with E-state index in [0.717, 1.165) is 45.2 Å². The molecule has 0 amide bonds. The Morgan fingerprint density at radius 2 is 0.904 bits per heavy atom. The molecule has 3 nitrogen and oxygen atoms in total. The van der Waals surface area contributed by atoms with Crippen molar-refractivity contribution in [3.63, 3.8) is 0 Å². The Morgan fingerprint density at radius 1 is 0.423 bits per heavy atom. The molecule has 3 heteroatoms. The van der Waals surface area contributed by atoms with Crippen LogP contribution >= 0.6 is 0 Å². The molecule has 9 rings (SSSR count). The summed E-state index contributed by atoms with van der Waals surface area (Å²) >= 11 is 0. The van der Waals surface area contributed by atoms with E-state index < -0.39 is 0 Å². The molecule has 254 valence electrons. The van der Waals surface area contributed by atoms with E-state index in [0.29, 0.717) is 0 Å². The van der Waals surface area contributed by atoms with Gasteiger partial charge in [-0.1, -0.05) is 151 Å². The van der Waals surface area contributed by atoms with Gasteiger partial charge in [-0.2, -0.15) is 0 Å². The monoisotopic (exact) mass is 673 g/mol. The molecule has 2 heterocycles. The van der Waals surface area contributed by atoms with Gasteiger partial charge >= 0.3 is 0 Å². The standard InChI is InChI=1S/C49H43N3/c1-47(2)40-29-38(32-18-9-7-10-19-32)39(30-41(40)48(3,4)49(47,5)6)46-50-42(33-20-11-8-12-21-33)31-43(51-46)34-22-17-23-35(28-34)52-44-26-15-13-24-36(44)37-25-14-16-27-45(37)52/h7-31H,1-6H3. The van der Waals surface area contributed by atoms with Crippen LogP contribution < -0.4 is 0 Å². The average molecular weight is 674 g/mol. The fourth-order valence-electron chi connectivity index (χ4n) is 8.61. The summed E-state index contributed by atoms with van der Waals surface area (Å²) in [5.74, 6) is 0.735. The minimum atomic E-state index is -0.0632. The van der Waals surface area contributed by atoms with Crippen molar-refractivity contribution in [3.8, 4) is 50.7 Å². The predicted octanol–water partition coefficient (Wildman–Crippen LogP) is 12.8. The summed E-state index contributed by atoms with van der Waals surface area (Å²) in [6, 6.07) is 54.4. The number of nitrogens with zero attached hydrogens (tertiary/aromatic N) is 3. The second kappa shape index (κ2) is 11.6. The van der Waals surface area contributed by atoms with Gasteiger partial charge in [0.2, 0.25) is 0 Å². The maximum absolute atomic E-state index is 5.46. The van der Waals surface area contributed by atoms with Gasteiger partial charge in [0.05, 0.1) is 22.4 Å². The van der Waals surface area contributed by atoms with Crippen LogP contribution in [0.3, 0.4) is 0 Å². The van der Waals surface area contributed by atoms with Crippen molar-refractivity contribution < 1.29 is 0 Å². The molecule has 0 radical (unpaired) electrons. The van der Waals surface area contributed by atoms with E-state index in [-0.39, 0.29) is 16.2 Å². The number of fused-ring (bicyclic) bond motifs is 4. The summed E-state index contributed by atoms with van der Waals surface area (Å²) in [6.45, 7) is 14.5. The van der Waals surface area contributed by atoms with Gasteiger partial charge in [0, 0.05) is 33.2 Å². The van der Waals surface area contributed by atoms with Crippen molar-refractivity contribution in [2.45, 2.75) is 52.4 Å². The van der Waals surface area contributed by atoms with Crippen molar-refractivity contribution in [1.82, 2.24) is 14.5 Å². The summed E-state index contributed by atoms with van der Waals surface area (Å²) in [5.41, 5.74) is 13.5. The normalized spacial score (nSPS) is 15.6. The van der Waals surface area contributed by atoms with Crippen LogP contribution in [-0.4, -0.2) is 14.5 Å². The minimum Gasteiger partial charge on any atom is -0.309 e. The lowest BCUT2D eigenvalue weighted by molar-refractivity contribution is 0.125. The summed E-state index contributed by atoms with van der Waals surface area (Å²) in [6.07, 6.45) is 0. The quantitative estimate of drug-likeness (QED) is 0.182. The highest BCUT2D eigenvalue weighted by atomic mass is 15.0. The highest BCUT2D eigenvalue weighted by molar-refractivity contribution is 6.09. The molecule has 1 aliphatic carbocycles. The Morgan fingerprint density at radius 3 is 1.50 bits per heavy atom. The first-order valence-electron chi connectivity index (χ1n) is 18.3. The predicted molar refractivity (Wildman–Crippen MR) is 218 cm³/mol. The smallest absolute Gasteiger partial charge is 0.161 e. The molecule has 52 heavy (non-hydrogen) atoms. The maximum atomic E-state index is 5.46. The second-order valence-corrected chi connectivity index (χ2v) is 15.9. The number of benzene rings is 6. The summed E-state index contributed by atoms with van der Waals surface area (Å²) in [4.78, 5) is 10.8. The molecule has 0 saturated carbocycles. The van der Waals surface area contributed by atoms with Gasteiger partial charge in [-0.25, -0.2) is 9.97 Å². The molecule has 2 aromatic heterocycles. The molecular weight excluding hydrogens is 631 g/mol. The number of para-hydroxylation sites is 2. The highest BCUT2D eigenvalue weighted by Gasteiger charge is 2.57. The highest BCUT2D eigenvalue weighted by Crippen LogP contribution is 2.62. The van der Waals surface area contributed by atoms with Crippen LogP contribution in [0.1, 0.15) is 52.7 Å². The SMILES string of the molecule is CC1(C)c2cc(-c3ccccc3)c(-c3nc(-c4ccccc4)cc(-c4cccc(-n5c6ccccc6c6ccccc65)c4)n3)cc2C(C)(C)C1(C)C. The summed E-state index contributed by atoms with van der Waals surface area (Å²) in [7, 11) is 0. The van der Waals surface area contributed by atoms with Gasteiger partial charge in [-0.3, -0.25) is 0 Å². The topological polar surface area (TPSA) is 30.7 Å². The van der Waals surface area contributed by atoms with E-state index >= 15 is 0 Å². The largest absolute Gasteiger partial charge is 0.309 e. The van der Waals surface area contributed by atoms with E-state index in [1.807, 2.05) is 0 Å². The Labute approximate surface area is 306 Å². The van der Waals surface area contributed by atoms with Crippen LogP contribution in [0.5, 0.6) is 0 Å². The van der Waals surface area contributed by atoms with Gasteiger partial charge < -0.3 is 4.57 Å². The van der Waals surface area contributed by atoms with Gasteiger partial charge in [-0.05, 0) is 81.0 Å². The summed E-state index contributed by atoms with van der Waals surface area (Å²) < 4.78 is 2.37. The Balaban J connectivity index is 1.30. The van der Waals surface area contributed by atoms with Crippen LogP contribution in [0.15, 0.2) is 152 Å². The van der Waals surface area contributed by atoms with E-state index in [4.69, 9.17) is 9.97 Å². The molecule has 8 aromatic rings. The fourth-order valence-corrected chi connectivity index (χ4v) is 8.61. The van der Waals surface area contributed by atoms with Gasteiger partial charge in [-0.15, -0.1) is 0 Å². The molecular formula is C49H43N3. The lowest BCUT2D eigenvalue weighted by atomic mass is 9.59. The van der Waals surface area contributed by atoms with Crippen LogP contribution in [0.25, 0.3) is 72.5 Å². The average Bonchev–Trinajstić information content (AvgIpc) is 3.56. The van der Waals surface area contributed by atoms with E-state index in [2.05, 4.69) is 198 Å². The van der Waals surface area contributed by atoms with E-state index in [9.17, 15) is 0 Å². The molecule has 0 atom stereocenters. The Hall–Kier alpha value is -5.80. The van der Waals surface area contributed by atoms with Gasteiger partial charge in [0.1, 0.15) is 0 Å². The first kappa shape index (κ1) is 32.1. The van der Waals surface area contributed by atoms with Crippen LogP contribution in [0.4, 0.5) is 0 Å². The van der Waals surface area contributed by atoms with E-state index in [1.54, 1.807) is 0 Å². The molecule has 0 spiro atoms. The molecule has 0 N–H and O–H groups in total. The lowest BCUT2D eigenvalue weighted by Crippen LogP contribution is -2.42. The zero-order valence-electron chi connectivity index (χ0n) is 30.8. The molecule has 6 aromatic carbocycles. The summed E-state index contributed by atoms with van der Waals surface area (Å²) in [5, 5.41) is 2.50. The van der Waals surface area contributed by atoms with Crippen molar-refractivity contribution >= 4 is 21.8 Å². The van der Waals surface area contributed by atoms with Crippen LogP contribution in [-0.2, 0) is 10.8 Å². The Kier molecular flexibility index (Phi) is 7.18. The molecule has 0 saturated heterocycles. The van der Waals surface area contributed by atoms with E-state index in [1.165, 1.54) is 38.5 Å². The molecule has 0 fully saturated rings. The first-order valence-corrected chi connectivity index (χ1v) is 18.3. The second-order valence-electron chi connectivity index (χ2n) is 15.9. The third-order valence-electron chi connectivity index (χ3n) is 12.7. The van der Waals surface area contributed by atoms with Crippen molar-refractivity contribution in [3.05, 3.63) is 163 Å². The zero-order valence-corrected chi connectivity index (χ0v) is 30.8. The van der Waals surface area contributed by atoms with Crippen molar-refractivity contribution in [2.24, 2.45) is 5.41 Å². The lowest BCUT2D eigenvalue weighted by Gasteiger charge is -2.44. The van der Waals surface area contributed by atoms with Crippen molar-refractivity contribution in [1.29, 1.82) is 0 Å². The van der Waals surface area contributed by atoms with Crippen molar-refractivity contribution in [2.75, 3.05) is 0 Å². The first-order chi connectivity index (χ1) is 25.1. The Bertz CT molecular complexity index is 2590. The van der Waals surface area contributed by atoms with Gasteiger partial charge in [0.25, 0.3) is 0 Å². The molecule has 0 bridgehead atoms. The third-order valence-corrected chi connectivity index (χ3v) is 12.7. The van der Waals surface area contributed by atoms with Crippen LogP contribution in [0, 0.1) is 5.41 Å². The maximum Gasteiger partial charge on any atom is 0.161 e. The zero-order chi connectivity index (χ0) is 35.8. The van der Waals surface area contributed by atoms with Crippen LogP contribution in [0.2, 0.25) is 0 Å². The number of hydrogen-bond acceptors (Lipinski definition) is 2. The number of hydrogen-bond donors (Lipinski definition) is 0. The molecule has 1 aliphatic rings. The minimum absolute atomic E-state index is 0.0278. The fraction of sp³-hybridized carbons (Fsp3) is 0.184. The molecule has 0 unspecified atom stereocenters.